The third kappa shape index (κ3) is 3.61. The first-order chi connectivity index (χ1) is 10.7. The molecule has 0 radical (unpaired) electrons. The summed E-state index contributed by atoms with van der Waals surface area (Å²) in [7, 11) is 0. The van der Waals surface area contributed by atoms with Crippen LogP contribution < -0.4 is 10.6 Å². The Balaban J connectivity index is 1.67. The van der Waals surface area contributed by atoms with Crippen molar-refractivity contribution in [2.75, 3.05) is 18.5 Å². The van der Waals surface area contributed by atoms with E-state index in [1.807, 2.05) is 30.5 Å². The van der Waals surface area contributed by atoms with Crippen molar-refractivity contribution < 1.29 is 9.53 Å². The molecule has 2 aromatic rings. The number of thiophene rings is 1. The number of rotatable bonds is 4. The molecule has 1 aliphatic rings. The molecule has 1 amide bonds. The van der Waals surface area contributed by atoms with Gasteiger partial charge < -0.3 is 15.4 Å². The van der Waals surface area contributed by atoms with E-state index in [2.05, 4.69) is 20.6 Å². The summed E-state index contributed by atoms with van der Waals surface area (Å²) in [4.78, 5) is 21.4. The van der Waals surface area contributed by atoms with Gasteiger partial charge in [-0.25, -0.2) is 9.97 Å². The number of carbonyl (C=O) groups is 1. The first-order valence-corrected chi connectivity index (χ1v) is 8.08. The van der Waals surface area contributed by atoms with Gasteiger partial charge in [-0.15, -0.1) is 11.3 Å². The zero-order valence-corrected chi connectivity index (χ0v) is 13.1. The first-order valence-electron chi connectivity index (χ1n) is 7.20. The Hall–Kier alpha value is -1.99. The summed E-state index contributed by atoms with van der Waals surface area (Å²) in [6.45, 7) is 3.04. The molecule has 116 valence electrons. The molecule has 6 nitrogen and oxygen atoms in total. The number of carbonyl (C=O) groups excluding carboxylic acids is 1. The van der Waals surface area contributed by atoms with Crippen LogP contribution >= 0.6 is 11.3 Å². The van der Waals surface area contributed by atoms with Crippen LogP contribution in [0, 0.1) is 6.92 Å². The molecule has 1 fully saturated rings. The van der Waals surface area contributed by atoms with Crippen LogP contribution in [0.5, 0.6) is 0 Å². The molecular formula is C15H18N4O2S. The summed E-state index contributed by atoms with van der Waals surface area (Å²) in [6, 6.07) is 5.53. The smallest absolute Gasteiger partial charge is 0.261 e. The van der Waals surface area contributed by atoms with Crippen LogP contribution in [0.25, 0.3) is 0 Å². The van der Waals surface area contributed by atoms with Crippen LogP contribution in [-0.2, 0) is 4.74 Å². The van der Waals surface area contributed by atoms with Gasteiger partial charge in [-0.05, 0) is 30.9 Å². The molecule has 2 aromatic heterocycles. The molecule has 7 heteroatoms. The molecule has 3 heterocycles. The van der Waals surface area contributed by atoms with Crippen LogP contribution in [0.4, 0.5) is 5.82 Å². The Morgan fingerprint density at radius 3 is 3.09 bits per heavy atom. The second kappa shape index (κ2) is 6.85. The number of ether oxygens (including phenoxy) is 1. The van der Waals surface area contributed by atoms with Gasteiger partial charge in [0.2, 0.25) is 0 Å². The normalized spacial score (nSPS) is 21.3. The highest BCUT2D eigenvalue weighted by Gasteiger charge is 2.28. The predicted molar refractivity (Wildman–Crippen MR) is 85.2 cm³/mol. The number of nitrogens with one attached hydrogen (secondary N) is 2. The molecule has 1 aliphatic heterocycles. The molecule has 0 saturated carbocycles. The minimum atomic E-state index is -0.0347. The van der Waals surface area contributed by atoms with Gasteiger partial charge >= 0.3 is 0 Å². The Labute approximate surface area is 132 Å². The largest absolute Gasteiger partial charge is 0.379 e. The Morgan fingerprint density at radius 2 is 2.32 bits per heavy atom. The van der Waals surface area contributed by atoms with Crippen LogP contribution in [0.2, 0.25) is 0 Å². The second-order valence-corrected chi connectivity index (χ2v) is 6.11. The summed E-state index contributed by atoms with van der Waals surface area (Å²) >= 11 is 1.44. The van der Waals surface area contributed by atoms with Gasteiger partial charge in [-0.1, -0.05) is 6.07 Å². The van der Waals surface area contributed by atoms with Crippen molar-refractivity contribution in [1.29, 1.82) is 0 Å². The summed E-state index contributed by atoms with van der Waals surface area (Å²) in [5, 5.41) is 8.33. The van der Waals surface area contributed by atoms with Crippen molar-refractivity contribution in [3.05, 3.63) is 40.5 Å². The van der Waals surface area contributed by atoms with Gasteiger partial charge in [0, 0.05) is 12.8 Å². The van der Waals surface area contributed by atoms with Gasteiger partial charge in [0.25, 0.3) is 5.91 Å². The van der Waals surface area contributed by atoms with E-state index in [0.29, 0.717) is 19.0 Å². The summed E-state index contributed by atoms with van der Waals surface area (Å²) in [5.74, 6) is 1.42. The highest BCUT2D eigenvalue weighted by molar-refractivity contribution is 7.12. The lowest BCUT2D eigenvalue weighted by atomic mass is 10.0. The van der Waals surface area contributed by atoms with Crippen LogP contribution in [0.3, 0.4) is 0 Å². The fraction of sp³-hybridized carbons (Fsp3) is 0.400. The van der Waals surface area contributed by atoms with Gasteiger partial charge in [-0.3, -0.25) is 4.79 Å². The molecule has 0 bridgehead atoms. The van der Waals surface area contributed by atoms with Crippen LogP contribution in [0.15, 0.2) is 29.8 Å². The molecule has 0 aromatic carbocycles. The Morgan fingerprint density at radius 1 is 1.41 bits per heavy atom. The highest BCUT2D eigenvalue weighted by atomic mass is 32.1. The van der Waals surface area contributed by atoms with Gasteiger partial charge in [0.15, 0.2) is 0 Å². The molecule has 1 saturated heterocycles. The van der Waals surface area contributed by atoms with Crippen molar-refractivity contribution in [2.45, 2.75) is 25.4 Å². The number of aryl methyl sites for hydroxylation is 1. The molecule has 3 rings (SSSR count). The van der Waals surface area contributed by atoms with Gasteiger partial charge in [0.05, 0.1) is 23.6 Å². The third-order valence-electron chi connectivity index (χ3n) is 3.53. The van der Waals surface area contributed by atoms with Gasteiger partial charge in [-0.2, -0.15) is 0 Å². The maximum atomic E-state index is 12.2. The zero-order valence-electron chi connectivity index (χ0n) is 12.3. The number of amides is 1. The number of anilines is 1. The average molecular weight is 318 g/mol. The Kier molecular flexibility index (Phi) is 4.65. The number of hydrogen-bond donors (Lipinski definition) is 2. The maximum absolute atomic E-state index is 12.2. The molecule has 0 aliphatic carbocycles. The lowest BCUT2D eigenvalue weighted by Gasteiger charge is -2.33. The van der Waals surface area contributed by atoms with E-state index in [1.165, 1.54) is 11.3 Å². The van der Waals surface area contributed by atoms with Crippen molar-refractivity contribution in [3.8, 4) is 0 Å². The fourth-order valence-electron chi connectivity index (χ4n) is 2.43. The topological polar surface area (TPSA) is 76.1 Å². The minimum absolute atomic E-state index is 0.00744. The van der Waals surface area contributed by atoms with E-state index in [4.69, 9.17) is 4.74 Å². The summed E-state index contributed by atoms with van der Waals surface area (Å²) in [5.41, 5.74) is 0. The summed E-state index contributed by atoms with van der Waals surface area (Å²) < 4.78 is 5.53. The monoisotopic (exact) mass is 318 g/mol. The predicted octanol–water partition coefficient (Wildman–Crippen LogP) is 1.85. The molecule has 2 N–H and O–H groups in total. The van der Waals surface area contributed by atoms with Gasteiger partial charge in [0.1, 0.15) is 11.6 Å². The fourth-order valence-corrected chi connectivity index (χ4v) is 3.05. The van der Waals surface area contributed by atoms with Crippen molar-refractivity contribution in [2.24, 2.45) is 0 Å². The second-order valence-electron chi connectivity index (χ2n) is 5.16. The third-order valence-corrected chi connectivity index (χ3v) is 4.40. The van der Waals surface area contributed by atoms with Crippen molar-refractivity contribution >= 4 is 23.1 Å². The van der Waals surface area contributed by atoms with E-state index < -0.39 is 0 Å². The maximum Gasteiger partial charge on any atom is 0.261 e. The SMILES string of the molecule is Cc1nccc(N[C@@H]2COCC[C@@H]2NC(=O)c2cccs2)n1. The standard InChI is InChI=1S/C15H18N4O2S/c1-10-16-6-4-14(17-10)18-12-9-21-7-5-11(12)19-15(20)13-3-2-8-22-13/h2-4,6,8,11-12H,5,7,9H2,1H3,(H,19,20)(H,16,17,18)/t11-,12+/m0/s1. The van der Waals surface area contributed by atoms with Crippen LogP contribution in [0.1, 0.15) is 21.9 Å². The molecule has 22 heavy (non-hydrogen) atoms. The number of aromatic nitrogens is 2. The minimum Gasteiger partial charge on any atom is -0.379 e. The summed E-state index contributed by atoms with van der Waals surface area (Å²) in [6.07, 6.45) is 2.49. The lowest BCUT2D eigenvalue weighted by Crippen LogP contribution is -2.52. The van der Waals surface area contributed by atoms with E-state index in [9.17, 15) is 4.79 Å². The van der Waals surface area contributed by atoms with Crippen molar-refractivity contribution in [3.63, 3.8) is 0 Å². The zero-order chi connectivity index (χ0) is 15.4. The lowest BCUT2D eigenvalue weighted by molar-refractivity contribution is 0.0621. The number of hydrogen-bond acceptors (Lipinski definition) is 6. The average Bonchev–Trinajstić information content (AvgIpc) is 3.04. The molecular weight excluding hydrogens is 300 g/mol. The molecule has 0 unspecified atom stereocenters. The van der Waals surface area contributed by atoms with E-state index in [0.717, 1.165) is 17.1 Å². The highest BCUT2D eigenvalue weighted by Crippen LogP contribution is 2.15. The van der Waals surface area contributed by atoms with E-state index in [1.54, 1.807) is 6.20 Å². The molecule has 0 spiro atoms. The van der Waals surface area contributed by atoms with E-state index in [-0.39, 0.29) is 18.0 Å². The number of nitrogens with zero attached hydrogens (tertiary/aromatic N) is 2. The quantitative estimate of drug-likeness (QED) is 0.900. The first kappa shape index (κ1) is 14.9. The van der Waals surface area contributed by atoms with Crippen molar-refractivity contribution in [1.82, 2.24) is 15.3 Å². The molecule has 2 atom stereocenters. The Bertz CT molecular complexity index is 632. The van der Waals surface area contributed by atoms with Crippen LogP contribution in [-0.4, -0.2) is 41.2 Å². The van der Waals surface area contributed by atoms with E-state index >= 15 is 0 Å².